The zero-order chi connectivity index (χ0) is 22.0. The normalized spacial score (nSPS) is 26.3. The third-order valence-corrected chi connectivity index (χ3v) is 7.63. The summed E-state index contributed by atoms with van der Waals surface area (Å²) >= 11 is 0. The van der Waals surface area contributed by atoms with Gasteiger partial charge in [-0.05, 0) is 43.4 Å². The second-order valence-corrected chi connectivity index (χ2v) is 9.70. The molecule has 3 heterocycles. The molecule has 0 radical (unpaired) electrons. The number of likely N-dealkylation sites (tertiary alicyclic amines) is 1. The van der Waals surface area contributed by atoms with Gasteiger partial charge in [0.15, 0.2) is 0 Å². The van der Waals surface area contributed by atoms with E-state index in [1.165, 1.54) is 29.7 Å². The molecule has 5 nitrogen and oxygen atoms in total. The maximum absolute atomic E-state index is 12.7. The molecule has 32 heavy (non-hydrogen) atoms. The number of methoxy groups -OCH3 is 1. The molecular weight excluding hydrogens is 398 g/mol. The van der Waals surface area contributed by atoms with E-state index in [-0.39, 0.29) is 17.4 Å². The van der Waals surface area contributed by atoms with Crippen LogP contribution in [0.5, 0.6) is 5.75 Å². The molecule has 3 saturated heterocycles. The number of nitrogens with one attached hydrogen (secondary N) is 1. The average molecular weight is 434 g/mol. The van der Waals surface area contributed by atoms with Crippen LogP contribution in [0.2, 0.25) is 0 Å². The van der Waals surface area contributed by atoms with E-state index >= 15 is 0 Å². The molecule has 3 aliphatic rings. The Bertz CT molecular complexity index is 955. The second-order valence-electron chi connectivity index (χ2n) is 9.70. The van der Waals surface area contributed by atoms with Crippen LogP contribution in [-0.2, 0) is 11.3 Å². The van der Waals surface area contributed by atoms with Crippen molar-refractivity contribution in [2.75, 3.05) is 38.2 Å². The van der Waals surface area contributed by atoms with Gasteiger partial charge >= 0.3 is 0 Å². The number of nitrogens with zero attached hydrogens (tertiary/aromatic N) is 2. The van der Waals surface area contributed by atoms with Crippen LogP contribution < -0.4 is 15.0 Å². The van der Waals surface area contributed by atoms with Crippen molar-refractivity contribution < 1.29 is 9.53 Å². The number of para-hydroxylation sites is 2. The van der Waals surface area contributed by atoms with Crippen LogP contribution in [0.4, 0.5) is 5.69 Å². The summed E-state index contributed by atoms with van der Waals surface area (Å²) in [6.07, 6.45) is 6.28. The number of hydrogen-bond donors (Lipinski definition) is 1. The summed E-state index contributed by atoms with van der Waals surface area (Å²) < 4.78 is 5.75. The smallest absolute Gasteiger partial charge is 0.220 e. The fourth-order valence-electron chi connectivity index (χ4n) is 6.14. The highest BCUT2D eigenvalue weighted by Crippen LogP contribution is 2.44. The predicted molar refractivity (Wildman–Crippen MR) is 128 cm³/mol. The largest absolute Gasteiger partial charge is 0.496 e. The monoisotopic (exact) mass is 433 g/mol. The van der Waals surface area contributed by atoms with Crippen LogP contribution in [0.25, 0.3) is 0 Å². The van der Waals surface area contributed by atoms with E-state index in [4.69, 9.17) is 4.74 Å². The molecule has 170 valence electrons. The van der Waals surface area contributed by atoms with Gasteiger partial charge in [-0.1, -0.05) is 42.8 Å². The minimum atomic E-state index is -0.231. The highest BCUT2D eigenvalue weighted by atomic mass is 16.5. The van der Waals surface area contributed by atoms with Crippen LogP contribution in [0.1, 0.15) is 55.6 Å². The van der Waals surface area contributed by atoms with Crippen LogP contribution in [0, 0.1) is 0 Å². The topological polar surface area (TPSA) is 44.8 Å². The third kappa shape index (κ3) is 4.11. The molecule has 5 heteroatoms. The van der Waals surface area contributed by atoms with Gasteiger partial charge in [0, 0.05) is 56.3 Å². The molecule has 3 fully saturated rings. The van der Waals surface area contributed by atoms with Crippen molar-refractivity contribution >= 4 is 11.6 Å². The third-order valence-electron chi connectivity index (χ3n) is 7.63. The summed E-state index contributed by atoms with van der Waals surface area (Å²) in [7, 11) is 1.75. The Morgan fingerprint density at radius 2 is 1.81 bits per heavy atom. The Morgan fingerprint density at radius 3 is 2.66 bits per heavy atom. The highest BCUT2D eigenvalue weighted by Gasteiger charge is 2.49. The summed E-state index contributed by atoms with van der Waals surface area (Å²) in [6.45, 7) is 5.03. The highest BCUT2D eigenvalue weighted by molar-refractivity contribution is 5.77. The van der Waals surface area contributed by atoms with Crippen LogP contribution >= 0.6 is 0 Å². The minimum Gasteiger partial charge on any atom is -0.496 e. The van der Waals surface area contributed by atoms with Crippen molar-refractivity contribution in [3.8, 4) is 5.75 Å². The number of anilines is 1. The molecule has 5 rings (SSSR count). The van der Waals surface area contributed by atoms with E-state index in [0.717, 1.165) is 57.7 Å². The number of benzene rings is 2. The first-order chi connectivity index (χ1) is 15.7. The van der Waals surface area contributed by atoms with Gasteiger partial charge in [-0.15, -0.1) is 0 Å². The zero-order valence-corrected chi connectivity index (χ0v) is 19.2. The molecule has 1 N–H and O–H groups in total. The Balaban J connectivity index is 1.46. The van der Waals surface area contributed by atoms with E-state index in [0.29, 0.717) is 6.42 Å². The predicted octanol–water partition coefficient (Wildman–Crippen LogP) is 4.32. The van der Waals surface area contributed by atoms with E-state index in [1.54, 1.807) is 7.11 Å². The van der Waals surface area contributed by atoms with Crippen molar-refractivity contribution in [3.05, 3.63) is 59.7 Å². The molecule has 0 aliphatic carbocycles. The number of hydrogen-bond acceptors (Lipinski definition) is 4. The Labute approximate surface area is 191 Å². The average Bonchev–Trinajstić information content (AvgIpc) is 3.41. The molecule has 0 unspecified atom stereocenters. The number of carbonyl (C=O) groups excluding carboxylic acids is 1. The molecule has 0 aromatic heterocycles. The number of rotatable bonds is 5. The fourth-order valence-corrected chi connectivity index (χ4v) is 6.14. The molecule has 1 spiro atoms. The first kappa shape index (κ1) is 21.3. The molecule has 2 atom stereocenters. The van der Waals surface area contributed by atoms with Crippen LogP contribution in [-0.4, -0.2) is 49.6 Å². The minimum absolute atomic E-state index is 0.196. The standard InChI is InChI=1S/C27H35N3O2/c1-32-25-13-5-3-11-22(25)23-19-29(20-27(23)15-7-6-14-26(31)28-27)18-21-10-2-4-12-24(21)30-16-8-9-17-30/h2-5,10-13,23H,6-9,14-20H2,1H3,(H,28,31)/t23-,27+/m0/s1. The van der Waals surface area contributed by atoms with Gasteiger partial charge in [0.05, 0.1) is 12.6 Å². The lowest BCUT2D eigenvalue weighted by atomic mass is 9.78. The maximum Gasteiger partial charge on any atom is 0.220 e. The molecule has 0 saturated carbocycles. The fraction of sp³-hybridized carbons (Fsp3) is 0.519. The lowest BCUT2D eigenvalue weighted by Gasteiger charge is -2.35. The summed E-state index contributed by atoms with van der Waals surface area (Å²) in [5.74, 6) is 1.34. The van der Waals surface area contributed by atoms with E-state index in [9.17, 15) is 4.79 Å². The van der Waals surface area contributed by atoms with Gasteiger partial charge in [0.1, 0.15) is 5.75 Å². The summed E-state index contributed by atoms with van der Waals surface area (Å²) in [6, 6.07) is 17.2. The zero-order valence-electron chi connectivity index (χ0n) is 19.2. The lowest BCUT2D eigenvalue weighted by molar-refractivity contribution is -0.122. The van der Waals surface area contributed by atoms with Crippen molar-refractivity contribution in [1.82, 2.24) is 10.2 Å². The van der Waals surface area contributed by atoms with Gasteiger partial charge in [-0.2, -0.15) is 0 Å². The molecule has 1 amide bonds. The molecule has 3 aliphatic heterocycles. The maximum atomic E-state index is 12.7. The van der Waals surface area contributed by atoms with Gasteiger partial charge in [-0.25, -0.2) is 0 Å². The van der Waals surface area contributed by atoms with Crippen LogP contribution in [0.3, 0.4) is 0 Å². The van der Waals surface area contributed by atoms with Crippen molar-refractivity contribution in [1.29, 1.82) is 0 Å². The first-order valence-corrected chi connectivity index (χ1v) is 12.2. The van der Waals surface area contributed by atoms with E-state index < -0.39 is 0 Å². The SMILES string of the molecule is COc1ccccc1[C@@H]1CN(Cc2ccccc2N2CCCC2)C[C@]12CCCCC(=O)N2. The first-order valence-electron chi connectivity index (χ1n) is 12.2. The summed E-state index contributed by atoms with van der Waals surface area (Å²) in [5, 5.41) is 3.49. The van der Waals surface area contributed by atoms with Gasteiger partial charge < -0.3 is 15.0 Å². The molecule has 2 aromatic rings. The number of amides is 1. The molecular formula is C27H35N3O2. The van der Waals surface area contributed by atoms with Crippen molar-refractivity contribution in [3.63, 3.8) is 0 Å². The Morgan fingerprint density at radius 1 is 1.03 bits per heavy atom. The van der Waals surface area contributed by atoms with Gasteiger partial charge in [-0.3, -0.25) is 9.69 Å². The summed E-state index contributed by atoms with van der Waals surface area (Å²) in [5.41, 5.74) is 3.76. The van der Waals surface area contributed by atoms with Crippen molar-refractivity contribution in [2.45, 2.75) is 56.5 Å². The van der Waals surface area contributed by atoms with E-state index in [2.05, 4.69) is 51.5 Å². The number of carbonyl (C=O) groups is 1. The quantitative estimate of drug-likeness (QED) is 0.763. The molecule has 2 aromatic carbocycles. The van der Waals surface area contributed by atoms with E-state index in [1.807, 2.05) is 12.1 Å². The van der Waals surface area contributed by atoms with Crippen molar-refractivity contribution in [2.24, 2.45) is 0 Å². The Kier molecular flexibility index (Phi) is 6.09. The molecule has 0 bridgehead atoms. The summed E-state index contributed by atoms with van der Waals surface area (Å²) in [4.78, 5) is 17.8. The van der Waals surface area contributed by atoms with Gasteiger partial charge in [0.2, 0.25) is 5.91 Å². The Hall–Kier alpha value is -2.53. The van der Waals surface area contributed by atoms with Gasteiger partial charge in [0.25, 0.3) is 0 Å². The number of ether oxygens (including phenoxy) is 1. The lowest BCUT2D eigenvalue weighted by Crippen LogP contribution is -2.52. The van der Waals surface area contributed by atoms with Crippen LogP contribution in [0.15, 0.2) is 48.5 Å². The second kappa shape index (κ2) is 9.14.